The molecule has 29 heavy (non-hydrogen) atoms. The van der Waals surface area contributed by atoms with E-state index >= 15 is 0 Å². The van der Waals surface area contributed by atoms with Gasteiger partial charge in [0.15, 0.2) is 11.8 Å². The van der Waals surface area contributed by atoms with Crippen molar-refractivity contribution in [2.45, 2.75) is 10.9 Å². The molecule has 1 heterocycles. The van der Waals surface area contributed by atoms with Crippen LogP contribution in [0.3, 0.4) is 0 Å². The molecule has 1 aromatic heterocycles. The van der Waals surface area contributed by atoms with E-state index in [4.69, 9.17) is 4.74 Å². The van der Waals surface area contributed by atoms with E-state index in [1.165, 1.54) is 17.8 Å². The Morgan fingerprint density at radius 3 is 2.55 bits per heavy atom. The molecule has 0 atom stereocenters. The quantitative estimate of drug-likeness (QED) is 0.326. The van der Waals surface area contributed by atoms with Gasteiger partial charge < -0.3 is 4.74 Å². The van der Waals surface area contributed by atoms with Gasteiger partial charge in [-0.1, -0.05) is 58.0 Å². The van der Waals surface area contributed by atoms with Gasteiger partial charge in [-0.25, -0.2) is 9.37 Å². The molecular formula is C22H16BrFN2O2S. The van der Waals surface area contributed by atoms with E-state index in [-0.39, 0.29) is 18.3 Å². The third-order valence-electron chi connectivity index (χ3n) is 4.27. The Balaban J connectivity index is 1.58. The lowest BCUT2D eigenvalue weighted by atomic mass is 10.2. The highest BCUT2D eigenvalue weighted by Crippen LogP contribution is 2.27. The molecule has 4 aromatic rings. The van der Waals surface area contributed by atoms with Crippen molar-refractivity contribution < 1.29 is 13.9 Å². The number of halogens is 2. The number of rotatable bonds is 6. The molecule has 4 nitrogen and oxygen atoms in total. The molecule has 0 saturated heterocycles. The fourth-order valence-corrected chi connectivity index (χ4v) is 4.12. The van der Waals surface area contributed by atoms with E-state index in [1.807, 2.05) is 36.4 Å². The largest absolute Gasteiger partial charge is 0.484 e. The second-order valence-corrected chi connectivity index (χ2v) is 8.09. The lowest BCUT2D eigenvalue weighted by molar-refractivity contribution is 0.0832. The van der Waals surface area contributed by atoms with Crippen LogP contribution in [0.5, 0.6) is 5.75 Å². The smallest absolute Gasteiger partial charge is 0.271 e. The minimum atomic E-state index is -0.271. The van der Waals surface area contributed by atoms with Crippen LogP contribution in [0.25, 0.3) is 11.0 Å². The van der Waals surface area contributed by atoms with Gasteiger partial charge >= 0.3 is 0 Å². The van der Waals surface area contributed by atoms with Gasteiger partial charge in [-0.05, 0) is 48.0 Å². The predicted octanol–water partition coefficient (Wildman–Crippen LogP) is 5.95. The Morgan fingerprint density at radius 2 is 1.76 bits per heavy atom. The first-order valence-corrected chi connectivity index (χ1v) is 10.6. The molecule has 0 aliphatic carbocycles. The number of para-hydroxylation sites is 2. The highest BCUT2D eigenvalue weighted by Gasteiger charge is 2.18. The van der Waals surface area contributed by atoms with E-state index in [1.54, 1.807) is 34.9 Å². The second kappa shape index (κ2) is 8.80. The van der Waals surface area contributed by atoms with Crippen LogP contribution in [-0.2, 0) is 5.75 Å². The zero-order valence-corrected chi connectivity index (χ0v) is 17.6. The summed E-state index contributed by atoms with van der Waals surface area (Å²) < 4.78 is 22.1. The second-order valence-electron chi connectivity index (χ2n) is 6.23. The zero-order valence-electron chi connectivity index (χ0n) is 15.2. The molecule has 4 rings (SSSR count). The number of carbonyl (C=O) groups excluding carboxylic acids is 1. The highest BCUT2D eigenvalue weighted by molar-refractivity contribution is 9.10. The molecule has 0 fully saturated rings. The molecule has 0 spiro atoms. The van der Waals surface area contributed by atoms with Crippen LogP contribution < -0.4 is 4.74 Å². The van der Waals surface area contributed by atoms with Crippen LogP contribution in [0.4, 0.5) is 4.39 Å². The number of hydrogen-bond donors (Lipinski definition) is 0. The van der Waals surface area contributed by atoms with Crippen LogP contribution in [0, 0.1) is 5.82 Å². The Bertz CT molecular complexity index is 1160. The summed E-state index contributed by atoms with van der Waals surface area (Å²) in [6.45, 7) is -0.130. The number of fused-ring (bicyclic) bond motifs is 1. The van der Waals surface area contributed by atoms with Gasteiger partial charge in [0.1, 0.15) is 11.6 Å². The minimum Gasteiger partial charge on any atom is -0.484 e. The fourth-order valence-electron chi connectivity index (χ4n) is 2.84. The predicted molar refractivity (Wildman–Crippen MR) is 116 cm³/mol. The van der Waals surface area contributed by atoms with Crippen molar-refractivity contribution in [2.75, 3.05) is 6.61 Å². The Kier molecular flexibility index (Phi) is 5.97. The van der Waals surface area contributed by atoms with Crippen molar-refractivity contribution in [2.24, 2.45) is 0 Å². The molecular weight excluding hydrogens is 455 g/mol. The van der Waals surface area contributed by atoms with Crippen LogP contribution in [0.15, 0.2) is 82.4 Å². The molecule has 0 aliphatic rings. The fraction of sp³-hybridized carbons (Fsp3) is 0.0909. The van der Waals surface area contributed by atoms with Crippen LogP contribution in [0.2, 0.25) is 0 Å². The number of nitrogens with zero attached hydrogens (tertiary/aromatic N) is 2. The van der Waals surface area contributed by atoms with E-state index in [2.05, 4.69) is 20.9 Å². The summed E-state index contributed by atoms with van der Waals surface area (Å²) in [4.78, 5) is 17.5. The van der Waals surface area contributed by atoms with E-state index in [9.17, 15) is 9.18 Å². The summed E-state index contributed by atoms with van der Waals surface area (Å²) in [6.07, 6.45) is 0. The van der Waals surface area contributed by atoms with Crippen molar-refractivity contribution in [3.63, 3.8) is 0 Å². The van der Waals surface area contributed by atoms with Gasteiger partial charge in [-0.3, -0.25) is 9.36 Å². The van der Waals surface area contributed by atoms with Gasteiger partial charge in [0.05, 0.1) is 11.0 Å². The van der Waals surface area contributed by atoms with Gasteiger partial charge in [0.25, 0.3) is 5.91 Å². The maximum absolute atomic E-state index is 14.0. The monoisotopic (exact) mass is 470 g/mol. The normalized spacial score (nSPS) is 11.0. The lowest BCUT2D eigenvalue weighted by Gasteiger charge is -2.10. The first kappa shape index (κ1) is 19.7. The van der Waals surface area contributed by atoms with E-state index in [0.29, 0.717) is 33.3 Å². The Labute approximate surface area is 179 Å². The molecule has 3 aromatic carbocycles. The standard InChI is InChI=1S/C22H16BrFN2O2S/c23-16-9-11-17(12-10-16)28-13-21(27)26-20-8-4-3-7-19(20)25-22(26)29-14-15-5-1-2-6-18(15)24/h1-12H,13-14H2. The van der Waals surface area contributed by atoms with Gasteiger partial charge in [-0.15, -0.1) is 0 Å². The van der Waals surface area contributed by atoms with Crippen LogP contribution >= 0.6 is 27.7 Å². The van der Waals surface area contributed by atoms with Gasteiger partial charge in [0, 0.05) is 10.2 Å². The summed E-state index contributed by atoms with van der Waals surface area (Å²) in [5, 5.41) is 0.513. The number of thioether (sulfide) groups is 1. The zero-order chi connectivity index (χ0) is 20.2. The van der Waals surface area contributed by atoms with Crippen molar-refractivity contribution in [3.8, 4) is 5.75 Å². The molecule has 0 saturated carbocycles. The topological polar surface area (TPSA) is 44.1 Å². The number of imidazole rings is 1. The maximum atomic E-state index is 14.0. The number of benzene rings is 3. The van der Waals surface area contributed by atoms with Crippen molar-refractivity contribution in [1.29, 1.82) is 0 Å². The van der Waals surface area contributed by atoms with E-state index < -0.39 is 0 Å². The van der Waals surface area contributed by atoms with Gasteiger partial charge in [-0.2, -0.15) is 0 Å². The average Bonchev–Trinajstić information content (AvgIpc) is 3.11. The third kappa shape index (κ3) is 4.52. The molecule has 146 valence electrons. The van der Waals surface area contributed by atoms with Gasteiger partial charge in [0.2, 0.25) is 0 Å². The minimum absolute atomic E-state index is 0.130. The molecule has 7 heteroatoms. The average molecular weight is 471 g/mol. The summed E-state index contributed by atoms with van der Waals surface area (Å²) >= 11 is 4.69. The molecule has 0 aliphatic heterocycles. The molecule has 0 radical (unpaired) electrons. The maximum Gasteiger partial charge on any atom is 0.271 e. The molecule has 0 N–H and O–H groups in total. The molecule has 0 amide bonds. The first-order valence-electron chi connectivity index (χ1n) is 8.87. The number of aromatic nitrogens is 2. The highest BCUT2D eigenvalue weighted by atomic mass is 79.9. The summed E-state index contributed by atoms with van der Waals surface area (Å²) in [5.41, 5.74) is 1.98. The van der Waals surface area contributed by atoms with Crippen molar-refractivity contribution >= 4 is 44.6 Å². The van der Waals surface area contributed by atoms with Crippen molar-refractivity contribution in [3.05, 3.63) is 88.6 Å². The molecule has 0 unspecified atom stereocenters. The number of ether oxygens (including phenoxy) is 1. The first-order chi connectivity index (χ1) is 14.1. The Hall–Kier alpha value is -2.64. The SMILES string of the molecule is O=C(COc1ccc(Br)cc1)n1c(SCc2ccccc2F)nc2ccccc21. The van der Waals surface area contributed by atoms with E-state index in [0.717, 1.165) is 4.47 Å². The van der Waals surface area contributed by atoms with Crippen LogP contribution in [0.1, 0.15) is 10.4 Å². The molecule has 0 bridgehead atoms. The van der Waals surface area contributed by atoms with Crippen LogP contribution in [-0.4, -0.2) is 22.1 Å². The lowest BCUT2D eigenvalue weighted by Crippen LogP contribution is -2.20. The number of hydrogen-bond acceptors (Lipinski definition) is 4. The summed E-state index contributed by atoms with van der Waals surface area (Å²) in [7, 11) is 0. The summed E-state index contributed by atoms with van der Waals surface area (Å²) in [6, 6.07) is 21.3. The van der Waals surface area contributed by atoms with Crippen molar-refractivity contribution in [1.82, 2.24) is 9.55 Å². The Morgan fingerprint density at radius 1 is 1.03 bits per heavy atom. The number of carbonyl (C=O) groups is 1. The summed E-state index contributed by atoms with van der Waals surface area (Å²) in [5.74, 6) is 0.466. The third-order valence-corrected chi connectivity index (χ3v) is 5.79.